The lowest BCUT2D eigenvalue weighted by Gasteiger charge is -2.12. The Morgan fingerprint density at radius 3 is 3.21 bits per heavy atom. The van der Waals surface area contributed by atoms with Crippen molar-refractivity contribution in [1.82, 2.24) is 14.8 Å². The van der Waals surface area contributed by atoms with Gasteiger partial charge in [-0.1, -0.05) is 30.0 Å². The number of thioether (sulfide) groups is 1. The average molecular weight is 277 g/mol. The summed E-state index contributed by atoms with van der Waals surface area (Å²) in [6, 6.07) is 7.80. The van der Waals surface area contributed by atoms with Crippen LogP contribution in [0.1, 0.15) is 11.6 Å². The normalized spacial score (nSPS) is 16.9. The van der Waals surface area contributed by atoms with Crippen molar-refractivity contribution >= 4 is 17.7 Å². The summed E-state index contributed by atoms with van der Waals surface area (Å²) in [6.07, 6.45) is 1.61. The maximum atomic E-state index is 10.6. The van der Waals surface area contributed by atoms with Crippen LogP contribution >= 0.6 is 11.8 Å². The Hall–Kier alpha value is -2.02. The van der Waals surface area contributed by atoms with Crippen LogP contribution in [0.2, 0.25) is 0 Å². The minimum atomic E-state index is -0.873. The molecule has 0 aliphatic carbocycles. The van der Waals surface area contributed by atoms with Crippen LogP contribution in [-0.2, 0) is 4.79 Å². The van der Waals surface area contributed by atoms with E-state index >= 15 is 0 Å². The first-order valence-electron chi connectivity index (χ1n) is 5.71. The number of nitrogens with zero attached hydrogens (tertiary/aromatic N) is 3. The number of rotatable bonds is 4. The van der Waals surface area contributed by atoms with Crippen LogP contribution in [0.4, 0.5) is 0 Å². The van der Waals surface area contributed by atoms with E-state index in [-0.39, 0.29) is 11.8 Å². The molecule has 0 amide bonds. The molecule has 19 heavy (non-hydrogen) atoms. The molecule has 1 atom stereocenters. The second-order valence-corrected chi connectivity index (χ2v) is 5.01. The van der Waals surface area contributed by atoms with Crippen molar-refractivity contribution in [3.8, 4) is 5.75 Å². The molecule has 1 unspecified atom stereocenters. The molecule has 3 rings (SSSR count). The summed E-state index contributed by atoms with van der Waals surface area (Å²) in [5.41, 5.74) is 1.07. The fraction of sp³-hybridized carbons (Fsp3) is 0.250. The van der Waals surface area contributed by atoms with Gasteiger partial charge in [0, 0.05) is 5.56 Å². The van der Waals surface area contributed by atoms with Gasteiger partial charge in [0.25, 0.3) is 0 Å². The van der Waals surface area contributed by atoms with Crippen LogP contribution in [0, 0.1) is 0 Å². The Labute approximate surface area is 113 Å². The average Bonchev–Trinajstić information content (AvgIpc) is 3.02. The van der Waals surface area contributed by atoms with E-state index in [4.69, 9.17) is 9.84 Å². The largest absolute Gasteiger partial charge is 0.491 e. The lowest BCUT2D eigenvalue weighted by molar-refractivity contribution is -0.133. The summed E-state index contributed by atoms with van der Waals surface area (Å²) in [7, 11) is 0. The number of fused-ring (bicyclic) bond motifs is 1. The summed E-state index contributed by atoms with van der Waals surface area (Å²) in [6.45, 7) is 0.512. The van der Waals surface area contributed by atoms with Gasteiger partial charge < -0.3 is 9.84 Å². The highest BCUT2D eigenvalue weighted by Gasteiger charge is 2.27. The zero-order valence-corrected chi connectivity index (χ0v) is 10.7. The third-order valence-electron chi connectivity index (χ3n) is 2.88. The molecular weight excluding hydrogens is 266 g/mol. The van der Waals surface area contributed by atoms with E-state index in [1.807, 2.05) is 28.8 Å². The van der Waals surface area contributed by atoms with Crippen LogP contribution in [0.15, 0.2) is 35.7 Å². The van der Waals surface area contributed by atoms with Crippen molar-refractivity contribution < 1.29 is 14.6 Å². The monoisotopic (exact) mass is 277 g/mol. The summed E-state index contributed by atoms with van der Waals surface area (Å²) >= 11 is 1.16. The molecule has 0 fully saturated rings. The number of benzene rings is 1. The Kier molecular flexibility index (Phi) is 3.12. The Balaban J connectivity index is 1.88. The number of aromatic nitrogens is 3. The fourth-order valence-corrected chi connectivity index (χ4v) is 2.73. The molecule has 0 spiro atoms. The topological polar surface area (TPSA) is 77.2 Å². The molecule has 0 bridgehead atoms. The molecule has 2 aromatic rings. The van der Waals surface area contributed by atoms with Crippen LogP contribution in [0.25, 0.3) is 0 Å². The summed E-state index contributed by atoms with van der Waals surface area (Å²) in [5.74, 6) is -0.0495. The molecule has 2 heterocycles. The van der Waals surface area contributed by atoms with Crippen molar-refractivity contribution in [2.75, 3.05) is 12.4 Å². The highest BCUT2D eigenvalue weighted by Crippen LogP contribution is 2.36. The summed E-state index contributed by atoms with van der Waals surface area (Å²) in [5, 5.41) is 17.1. The zero-order valence-electron chi connectivity index (χ0n) is 9.89. The number of aliphatic carboxylic acids is 1. The van der Waals surface area contributed by atoms with Gasteiger partial charge in [0.05, 0.1) is 11.8 Å². The number of carboxylic acids is 1. The van der Waals surface area contributed by atoms with E-state index < -0.39 is 5.97 Å². The van der Waals surface area contributed by atoms with E-state index in [2.05, 4.69) is 10.2 Å². The van der Waals surface area contributed by atoms with E-state index in [0.29, 0.717) is 11.8 Å². The van der Waals surface area contributed by atoms with Crippen molar-refractivity contribution in [2.24, 2.45) is 0 Å². The molecule has 0 radical (unpaired) electrons. The van der Waals surface area contributed by atoms with Crippen molar-refractivity contribution in [2.45, 2.75) is 11.2 Å². The van der Waals surface area contributed by atoms with Crippen molar-refractivity contribution in [1.29, 1.82) is 0 Å². The number of ether oxygens (including phenoxy) is 1. The van der Waals surface area contributed by atoms with Crippen molar-refractivity contribution in [3.63, 3.8) is 0 Å². The molecule has 1 aliphatic rings. The minimum Gasteiger partial charge on any atom is -0.491 e. The number of carbonyl (C=O) groups is 1. The number of carboxylic acid groups (broad SMARTS) is 1. The van der Waals surface area contributed by atoms with Crippen LogP contribution in [0.3, 0.4) is 0 Å². The standard InChI is InChI=1S/C12H11N3O3S/c16-11(17)6-19-12-14-13-7-15(12)9-5-18-10-4-2-1-3-8(9)10/h1-4,7,9H,5-6H2,(H,16,17). The molecule has 0 saturated carbocycles. The van der Waals surface area contributed by atoms with Gasteiger partial charge in [-0.15, -0.1) is 10.2 Å². The number of para-hydroxylation sites is 1. The SMILES string of the molecule is O=C(O)CSc1nncn1C1COc2ccccc21. The van der Waals surface area contributed by atoms with Crippen LogP contribution in [0.5, 0.6) is 5.75 Å². The van der Waals surface area contributed by atoms with E-state index in [9.17, 15) is 4.79 Å². The Morgan fingerprint density at radius 1 is 1.53 bits per heavy atom. The van der Waals surface area contributed by atoms with Gasteiger partial charge in [0.2, 0.25) is 0 Å². The first-order valence-corrected chi connectivity index (χ1v) is 6.70. The lowest BCUT2D eigenvalue weighted by atomic mass is 10.1. The maximum Gasteiger partial charge on any atom is 0.313 e. The fourth-order valence-electron chi connectivity index (χ4n) is 2.05. The smallest absolute Gasteiger partial charge is 0.313 e. The predicted octanol–water partition coefficient (Wildman–Crippen LogP) is 1.44. The zero-order chi connectivity index (χ0) is 13.2. The molecule has 1 aromatic heterocycles. The quantitative estimate of drug-likeness (QED) is 0.852. The van der Waals surface area contributed by atoms with Gasteiger partial charge in [-0.25, -0.2) is 0 Å². The van der Waals surface area contributed by atoms with E-state index in [1.54, 1.807) is 6.33 Å². The Morgan fingerprint density at radius 2 is 2.37 bits per heavy atom. The van der Waals surface area contributed by atoms with Gasteiger partial charge in [-0.2, -0.15) is 0 Å². The van der Waals surface area contributed by atoms with E-state index in [0.717, 1.165) is 23.1 Å². The lowest BCUT2D eigenvalue weighted by Crippen LogP contribution is -2.13. The number of hydrogen-bond donors (Lipinski definition) is 1. The van der Waals surface area contributed by atoms with Gasteiger partial charge in [0.15, 0.2) is 5.16 Å². The predicted molar refractivity (Wildman–Crippen MR) is 68.5 cm³/mol. The highest BCUT2D eigenvalue weighted by molar-refractivity contribution is 7.99. The van der Waals surface area contributed by atoms with Gasteiger partial charge in [-0.05, 0) is 6.07 Å². The molecule has 98 valence electrons. The first-order chi connectivity index (χ1) is 9.25. The molecule has 1 N–H and O–H groups in total. The Bertz CT molecular complexity index is 614. The molecule has 6 nitrogen and oxygen atoms in total. The van der Waals surface area contributed by atoms with Crippen molar-refractivity contribution in [3.05, 3.63) is 36.2 Å². The second kappa shape index (κ2) is 4.93. The third kappa shape index (κ3) is 2.28. The first kappa shape index (κ1) is 12.0. The van der Waals surface area contributed by atoms with Crippen LogP contribution in [-0.4, -0.2) is 38.2 Å². The molecule has 1 aliphatic heterocycles. The summed E-state index contributed by atoms with van der Waals surface area (Å²) in [4.78, 5) is 10.6. The van der Waals surface area contributed by atoms with Gasteiger partial charge in [-0.3, -0.25) is 9.36 Å². The highest BCUT2D eigenvalue weighted by atomic mass is 32.2. The van der Waals surface area contributed by atoms with Gasteiger partial charge >= 0.3 is 5.97 Å². The summed E-state index contributed by atoms with van der Waals surface area (Å²) < 4.78 is 7.47. The molecule has 1 aromatic carbocycles. The maximum absolute atomic E-state index is 10.6. The molecular formula is C12H11N3O3S. The minimum absolute atomic E-state index is 0.00231. The van der Waals surface area contributed by atoms with E-state index in [1.165, 1.54) is 0 Å². The molecule has 0 saturated heterocycles. The molecule has 7 heteroatoms. The van der Waals surface area contributed by atoms with Gasteiger partial charge in [0.1, 0.15) is 18.7 Å². The van der Waals surface area contributed by atoms with Crippen LogP contribution < -0.4 is 4.74 Å². The second-order valence-electron chi connectivity index (χ2n) is 4.07. The number of hydrogen-bond acceptors (Lipinski definition) is 5. The third-order valence-corrected chi connectivity index (χ3v) is 3.82.